The molecule has 0 aliphatic rings. The highest BCUT2D eigenvalue weighted by molar-refractivity contribution is 5.74. The van der Waals surface area contributed by atoms with Gasteiger partial charge in [0.05, 0.1) is 6.61 Å². The van der Waals surface area contributed by atoms with Gasteiger partial charge in [-0.3, -0.25) is 0 Å². The van der Waals surface area contributed by atoms with Gasteiger partial charge in [-0.05, 0) is 38.0 Å². The summed E-state index contributed by atoms with van der Waals surface area (Å²) in [6.45, 7) is 5.84. The van der Waals surface area contributed by atoms with Gasteiger partial charge in [0.25, 0.3) is 0 Å². The van der Waals surface area contributed by atoms with Crippen LogP contribution in [0.1, 0.15) is 38.8 Å². The van der Waals surface area contributed by atoms with E-state index in [0.29, 0.717) is 12.4 Å². The summed E-state index contributed by atoms with van der Waals surface area (Å²) in [4.78, 5) is 11.4. The molecule has 0 aliphatic heterocycles. The van der Waals surface area contributed by atoms with Gasteiger partial charge >= 0.3 is 5.97 Å². The van der Waals surface area contributed by atoms with Crippen molar-refractivity contribution < 1.29 is 14.3 Å². The van der Waals surface area contributed by atoms with Crippen LogP contribution in [0, 0.1) is 0 Å². The third-order valence-electron chi connectivity index (χ3n) is 2.68. The Morgan fingerprint density at radius 2 is 1.89 bits per heavy atom. The molecule has 100 valence electrons. The molecule has 2 N–H and O–H groups in total. The van der Waals surface area contributed by atoms with Gasteiger partial charge in [0, 0.05) is 6.04 Å². The van der Waals surface area contributed by atoms with Crippen molar-refractivity contribution in [1.82, 2.24) is 0 Å². The van der Waals surface area contributed by atoms with Crippen LogP contribution < -0.4 is 10.5 Å². The number of carbonyl (C=O) groups excluding carboxylic acids is 1. The summed E-state index contributed by atoms with van der Waals surface area (Å²) in [5, 5.41) is 0. The van der Waals surface area contributed by atoms with E-state index in [-0.39, 0.29) is 12.0 Å². The number of hydrogen-bond donors (Lipinski definition) is 1. The topological polar surface area (TPSA) is 61.5 Å². The summed E-state index contributed by atoms with van der Waals surface area (Å²) in [5.41, 5.74) is 6.98. The van der Waals surface area contributed by atoms with Crippen molar-refractivity contribution in [2.24, 2.45) is 5.73 Å². The van der Waals surface area contributed by atoms with Crippen LogP contribution in [0.3, 0.4) is 0 Å². The molecule has 0 saturated heterocycles. The lowest BCUT2D eigenvalue weighted by molar-refractivity contribution is -0.150. The second-order valence-corrected chi connectivity index (χ2v) is 4.10. The van der Waals surface area contributed by atoms with Gasteiger partial charge in [-0.15, -0.1) is 0 Å². The van der Waals surface area contributed by atoms with Crippen LogP contribution in [0.4, 0.5) is 0 Å². The van der Waals surface area contributed by atoms with Crippen molar-refractivity contribution in [3.05, 3.63) is 29.8 Å². The predicted octanol–water partition coefficient (Wildman–Crippen LogP) is 2.43. The zero-order chi connectivity index (χ0) is 13.5. The molecule has 0 spiro atoms. The molecule has 0 aliphatic carbocycles. The first kappa shape index (κ1) is 14.5. The van der Waals surface area contributed by atoms with Crippen molar-refractivity contribution in [3.63, 3.8) is 0 Å². The number of benzene rings is 1. The summed E-state index contributed by atoms with van der Waals surface area (Å²) >= 11 is 0. The Balaban J connectivity index is 2.60. The minimum Gasteiger partial charge on any atom is -0.479 e. The number of carbonyl (C=O) groups is 1. The molecule has 0 heterocycles. The molecule has 0 aromatic heterocycles. The molecule has 2 atom stereocenters. The van der Waals surface area contributed by atoms with Crippen molar-refractivity contribution in [1.29, 1.82) is 0 Å². The average Bonchev–Trinajstić information content (AvgIpc) is 2.39. The smallest absolute Gasteiger partial charge is 0.347 e. The molecule has 0 saturated carbocycles. The molecule has 1 rings (SSSR count). The van der Waals surface area contributed by atoms with E-state index < -0.39 is 6.10 Å². The lowest BCUT2D eigenvalue weighted by Gasteiger charge is -2.14. The first-order valence-electron chi connectivity index (χ1n) is 6.27. The fourth-order valence-corrected chi connectivity index (χ4v) is 1.54. The zero-order valence-corrected chi connectivity index (χ0v) is 11.2. The molecule has 0 amide bonds. The number of nitrogens with two attached hydrogens (primary N) is 1. The number of ether oxygens (including phenoxy) is 2. The summed E-state index contributed by atoms with van der Waals surface area (Å²) in [6, 6.07) is 7.52. The van der Waals surface area contributed by atoms with Gasteiger partial charge in [-0.2, -0.15) is 0 Å². The summed E-state index contributed by atoms with van der Waals surface area (Å²) < 4.78 is 10.4. The highest BCUT2D eigenvalue weighted by atomic mass is 16.6. The van der Waals surface area contributed by atoms with Crippen molar-refractivity contribution >= 4 is 5.97 Å². The molecular formula is C14H21NO3. The Morgan fingerprint density at radius 3 is 2.39 bits per heavy atom. The average molecular weight is 251 g/mol. The fourth-order valence-electron chi connectivity index (χ4n) is 1.54. The normalized spacial score (nSPS) is 13.8. The van der Waals surface area contributed by atoms with E-state index in [1.807, 2.05) is 31.2 Å². The quantitative estimate of drug-likeness (QED) is 0.789. The van der Waals surface area contributed by atoms with Crippen LogP contribution in [-0.2, 0) is 9.53 Å². The van der Waals surface area contributed by atoms with Crippen molar-refractivity contribution in [2.75, 3.05) is 6.61 Å². The second kappa shape index (κ2) is 7.01. The predicted molar refractivity (Wildman–Crippen MR) is 70.4 cm³/mol. The van der Waals surface area contributed by atoms with Crippen LogP contribution in [-0.4, -0.2) is 18.7 Å². The summed E-state index contributed by atoms with van der Waals surface area (Å²) in [7, 11) is 0. The molecule has 4 nitrogen and oxygen atoms in total. The maximum atomic E-state index is 11.4. The molecule has 1 aromatic carbocycles. The van der Waals surface area contributed by atoms with Crippen LogP contribution in [0.25, 0.3) is 0 Å². The lowest BCUT2D eigenvalue weighted by Crippen LogP contribution is -2.26. The van der Waals surface area contributed by atoms with E-state index in [4.69, 9.17) is 15.2 Å². The molecule has 18 heavy (non-hydrogen) atoms. The molecular weight excluding hydrogens is 230 g/mol. The van der Waals surface area contributed by atoms with Gasteiger partial charge in [0.2, 0.25) is 0 Å². The van der Waals surface area contributed by atoms with Crippen molar-refractivity contribution in [3.8, 4) is 5.75 Å². The maximum absolute atomic E-state index is 11.4. The van der Waals surface area contributed by atoms with Gasteiger partial charge in [0.1, 0.15) is 5.75 Å². The zero-order valence-electron chi connectivity index (χ0n) is 11.2. The maximum Gasteiger partial charge on any atom is 0.347 e. The van der Waals surface area contributed by atoms with Crippen LogP contribution in [0.2, 0.25) is 0 Å². The Kier molecular flexibility index (Phi) is 5.65. The largest absolute Gasteiger partial charge is 0.479 e. The molecule has 4 heteroatoms. The lowest BCUT2D eigenvalue weighted by atomic mass is 10.1. The van der Waals surface area contributed by atoms with Crippen molar-refractivity contribution in [2.45, 2.75) is 39.3 Å². The Hall–Kier alpha value is -1.55. The van der Waals surface area contributed by atoms with Gasteiger partial charge < -0.3 is 15.2 Å². The first-order chi connectivity index (χ1) is 8.58. The second-order valence-electron chi connectivity index (χ2n) is 4.10. The molecule has 0 radical (unpaired) electrons. The van der Waals surface area contributed by atoms with E-state index in [1.54, 1.807) is 13.8 Å². The van der Waals surface area contributed by atoms with Gasteiger partial charge in [-0.25, -0.2) is 4.79 Å². The number of esters is 1. The fraction of sp³-hybridized carbons (Fsp3) is 0.500. The molecule has 1 aromatic rings. The standard InChI is InChI=1S/C14H21NO3/c1-4-13(15)11-6-8-12(9-7-11)18-10(3)14(16)17-5-2/h6-10,13H,4-5,15H2,1-3H3. The monoisotopic (exact) mass is 251 g/mol. The van der Waals surface area contributed by atoms with Crippen LogP contribution in [0.5, 0.6) is 5.75 Å². The van der Waals surface area contributed by atoms with E-state index in [9.17, 15) is 4.79 Å². The minimum atomic E-state index is -0.601. The van der Waals surface area contributed by atoms with Gasteiger partial charge in [0.15, 0.2) is 6.10 Å². The number of rotatable bonds is 6. The highest BCUT2D eigenvalue weighted by Gasteiger charge is 2.15. The Morgan fingerprint density at radius 1 is 1.28 bits per heavy atom. The SMILES string of the molecule is CCOC(=O)C(C)Oc1ccc(C(N)CC)cc1. The Labute approximate surface area is 108 Å². The number of hydrogen-bond acceptors (Lipinski definition) is 4. The van der Waals surface area contributed by atoms with Crippen LogP contribution in [0.15, 0.2) is 24.3 Å². The summed E-state index contributed by atoms with van der Waals surface area (Å²) in [6.07, 6.45) is 0.287. The molecule has 2 unspecified atom stereocenters. The molecule has 0 bridgehead atoms. The van der Waals surface area contributed by atoms with E-state index in [1.165, 1.54) is 0 Å². The van der Waals surface area contributed by atoms with Gasteiger partial charge in [-0.1, -0.05) is 19.1 Å². The van der Waals surface area contributed by atoms with Crippen LogP contribution >= 0.6 is 0 Å². The van der Waals surface area contributed by atoms with E-state index in [0.717, 1.165) is 12.0 Å². The van der Waals surface area contributed by atoms with E-state index >= 15 is 0 Å². The highest BCUT2D eigenvalue weighted by Crippen LogP contribution is 2.19. The summed E-state index contributed by atoms with van der Waals surface area (Å²) in [5.74, 6) is 0.287. The first-order valence-corrected chi connectivity index (χ1v) is 6.27. The Bertz CT molecular complexity index is 375. The minimum absolute atomic E-state index is 0.0431. The third kappa shape index (κ3) is 4.04. The third-order valence-corrected chi connectivity index (χ3v) is 2.68. The van der Waals surface area contributed by atoms with E-state index in [2.05, 4.69) is 0 Å². The molecule has 0 fully saturated rings.